The molecule has 0 spiro atoms. The van der Waals surface area contributed by atoms with E-state index in [1.807, 2.05) is 45.0 Å². The number of hydrogen-bond acceptors (Lipinski definition) is 4. The summed E-state index contributed by atoms with van der Waals surface area (Å²) in [4.78, 5) is 26.2. The highest BCUT2D eigenvalue weighted by Crippen LogP contribution is 2.22. The number of rotatable bonds is 6. The lowest BCUT2D eigenvalue weighted by atomic mass is 10.0. The van der Waals surface area contributed by atoms with E-state index in [1.165, 1.54) is 11.6 Å². The SMILES string of the molecule is Cc1ccc(Cn2nc(C)c(/C=C/C(=O)OCC(=O)N3CCCCC3C)c2Cl)cc1. The zero-order valence-corrected chi connectivity index (χ0v) is 18.5. The molecule has 1 aromatic heterocycles. The number of esters is 1. The molecule has 0 aliphatic carbocycles. The summed E-state index contributed by atoms with van der Waals surface area (Å²) in [5.74, 6) is -0.723. The summed E-state index contributed by atoms with van der Waals surface area (Å²) in [7, 11) is 0. The fourth-order valence-corrected chi connectivity index (χ4v) is 3.91. The molecule has 0 N–H and O–H groups in total. The number of amides is 1. The van der Waals surface area contributed by atoms with Crippen LogP contribution in [0.15, 0.2) is 30.3 Å². The second kappa shape index (κ2) is 9.94. The molecule has 0 bridgehead atoms. The van der Waals surface area contributed by atoms with Gasteiger partial charge in [-0.15, -0.1) is 0 Å². The van der Waals surface area contributed by atoms with Crippen LogP contribution in [0, 0.1) is 13.8 Å². The topological polar surface area (TPSA) is 64.4 Å². The number of aryl methyl sites for hydroxylation is 2. The van der Waals surface area contributed by atoms with Crippen LogP contribution in [0.1, 0.15) is 48.6 Å². The van der Waals surface area contributed by atoms with Crippen molar-refractivity contribution in [1.82, 2.24) is 14.7 Å². The third-order valence-electron chi connectivity index (χ3n) is 5.41. The van der Waals surface area contributed by atoms with Crippen LogP contribution in [0.2, 0.25) is 5.15 Å². The first kappa shape index (κ1) is 22.1. The summed E-state index contributed by atoms with van der Waals surface area (Å²) >= 11 is 6.48. The van der Waals surface area contributed by atoms with Gasteiger partial charge in [0.05, 0.1) is 12.2 Å². The summed E-state index contributed by atoms with van der Waals surface area (Å²) in [6.45, 7) is 6.93. The van der Waals surface area contributed by atoms with Gasteiger partial charge in [-0.3, -0.25) is 4.79 Å². The van der Waals surface area contributed by atoms with E-state index in [0.29, 0.717) is 17.3 Å². The molecule has 1 aliphatic heterocycles. The van der Waals surface area contributed by atoms with Gasteiger partial charge < -0.3 is 9.64 Å². The maximum absolute atomic E-state index is 12.3. The normalized spacial score (nSPS) is 16.8. The van der Waals surface area contributed by atoms with Gasteiger partial charge in [-0.25, -0.2) is 9.48 Å². The van der Waals surface area contributed by atoms with Gasteiger partial charge in [0.15, 0.2) is 6.61 Å². The van der Waals surface area contributed by atoms with Gasteiger partial charge >= 0.3 is 5.97 Å². The van der Waals surface area contributed by atoms with Gasteiger partial charge in [0.2, 0.25) is 0 Å². The number of hydrogen-bond donors (Lipinski definition) is 0. The molecule has 1 aromatic carbocycles. The van der Waals surface area contributed by atoms with Crippen LogP contribution in [-0.4, -0.2) is 45.8 Å². The van der Waals surface area contributed by atoms with Crippen molar-refractivity contribution in [3.63, 3.8) is 0 Å². The number of ether oxygens (including phenoxy) is 1. The van der Waals surface area contributed by atoms with Crippen molar-refractivity contribution < 1.29 is 14.3 Å². The van der Waals surface area contributed by atoms with Gasteiger partial charge in [0.1, 0.15) is 5.15 Å². The quantitative estimate of drug-likeness (QED) is 0.511. The van der Waals surface area contributed by atoms with E-state index in [9.17, 15) is 9.59 Å². The molecule has 3 rings (SSSR count). The monoisotopic (exact) mass is 429 g/mol. The number of nitrogens with zero attached hydrogens (tertiary/aromatic N) is 3. The Bertz CT molecular complexity index is 934. The Morgan fingerprint density at radius 3 is 2.67 bits per heavy atom. The molecule has 1 amide bonds. The molecular weight excluding hydrogens is 402 g/mol. The van der Waals surface area contributed by atoms with E-state index >= 15 is 0 Å². The largest absolute Gasteiger partial charge is 0.452 e. The molecule has 2 heterocycles. The zero-order chi connectivity index (χ0) is 21.7. The zero-order valence-electron chi connectivity index (χ0n) is 17.7. The average molecular weight is 430 g/mol. The molecule has 0 saturated carbocycles. The molecule has 1 fully saturated rings. The Balaban J connectivity index is 1.58. The minimum Gasteiger partial charge on any atom is -0.452 e. The fraction of sp³-hybridized carbons (Fsp3) is 0.435. The standard InChI is InChI=1S/C23H28ClN3O3/c1-16-7-9-19(10-8-16)14-27-23(24)20(18(3)25-27)11-12-22(29)30-15-21(28)26-13-5-4-6-17(26)2/h7-12,17H,4-6,13-15H2,1-3H3/b12-11+. The number of halogens is 1. The number of carbonyl (C=O) groups excluding carboxylic acids is 2. The van der Waals surface area contributed by atoms with Crippen LogP contribution >= 0.6 is 11.6 Å². The van der Waals surface area contributed by atoms with E-state index in [-0.39, 0.29) is 18.6 Å². The molecule has 160 valence electrons. The molecule has 0 radical (unpaired) electrons. The predicted octanol–water partition coefficient (Wildman–Crippen LogP) is 4.16. The minimum atomic E-state index is -0.574. The summed E-state index contributed by atoms with van der Waals surface area (Å²) in [5.41, 5.74) is 3.66. The Morgan fingerprint density at radius 1 is 1.23 bits per heavy atom. The van der Waals surface area contributed by atoms with Crippen LogP contribution < -0.4 is 0 Å². The number of carbonyl (C=O) groups is 2. The number of piperidine rings is 1. The molecule has 1 unspecified atom stereocenters. The van der Waals surface area contributed by atoms with E-state index in [4.69, 9.17) is 16.3 Å². The highest BCUT2D eigenvalue weighted by atomic mass is 35.5. The molecule has 1 saturated heterocycles. The summed E-state index contributed by atoms with van der Waals surface area (Å²) in [5, 5.41) is 4.92. The summed E-state index contributed by atoms with van der Waals surface area (Å²) in [6, 6.07) is 8.36. The van der Waals surface area contributed by atoms with Crippen LogP contribution in [0.3, 0.4) is 0 Å². The lowest BCUT2D eigenvalue weighted by Crippen LogP contribution is -2.44. The third-order valence-corrected chi connectivity index (χ3v) is 5.81. The second-order valence-corrected chi connectivity index (χ2v) is 8.16. The van der Waals surface area contributed by atoms with Crippen molar-refractivity contribution in [1.29, 1.82) is 0 Å². The third kappa shape index (κ3) is 5.51. The first-order valence-electron chi connectivity index (χ1n) is 10.3. The van der Waals surface area contributed by atoms with Gasteiger partial charge in [-0.2, -0.15) is 5.10 Å². The average Bonchev–Trinajstić information content (AvgIpc) is 2.99. The fourth-order valence-electron chi connectivity index (χ4n) is 3.61. The Hall–Kier alpha value is -2.60. The Kier molecular flexibility index (Phi) is 7.32. The van der Waals surface area contributed by atoms with Gasteiger partial charge in [-0.1, -0.05) is 41.4 Å². The van der Waals surface area contributed by atoms with Crippen molar-refractivity contribution >= 4 is 29.6 Å². The Morgan fingerprint density at radius 2 is 1.97 bits per heavy atom. The van der Waals surface area contributed by atoms with Crippen molar-refractivity contribution in [2.24, 2.45) is 0 Å². The second-order valence-electron chi connectivity index (χ2n) is 7.81. The lowest BCUT2D eigenvalue weighted by molar-refractivity contribution is -0.149. The molecule has 7 heteroatoms. The van der Waals surface area contributed by atoms with E-state index < -0.39 is 5.97 Å². The molecule has 2 aromatic rings. The summed E-state index contributed by atoms with van der Waals surface area (Å²) in [6.07, 6.45) is 6.00. The van der Waals surface area contributed by atoms with Gasteiger partial charge in [0, 0.05) is 24.2 Å². The molecular formula is C23H28ClN3O3. The van der Waals surface area contributed by atoms with Gasteiger partial charge in [-0.05, 0) is 51.7 Å². The van der Waals surface area contributed by atoms with Crippen molar-refractivity contribution in [3.05, 3.63) is 57.9 Å². The molecule has 1 aliphatic rings. The first-order chi connectivity index (χ1) is 14.3. The van der Waals surface area contributed by atoms with Crippen LogP contribution in [0.5, 0.6) is 0 Å². The smallest absolute Gasteiger partial charge is 0.331 e. The number of benzene rings is 1. The van der Waals surface area contributed by atoms with E-state index in [2.05, 4.69) is 5.10 Å². The predicted molar refractivity (Wildman–Crippen MR) is 117 cm³/mol. The van der Waals surface area contributed by atoms with Crippen molar-refractivity contribution in [2.75, 3.05) is 13.2 Å². The maximum atomic E-state index is 12.3. The van der Waals surface area contributed by atoms with Crippen LogP contribution in [0.4, 0.5) is 0 Å². The summed E-state index contributed by atoms with van der Waals surface area (Å²) < 4.78 is 6.84. The molecule has 30 heavy (non-hydrogen) atoms. The van der Waals surface area contributed by atoms with Gasteiger partial charge in [0.25, 0.3) is 5.91 Å². The van der Waals surface area contributed by atoms with Crippen molar-refractivity contribution in [3.8, 4) is 0 Å². The van der Waals surface area contributed by atoms with Crippen molar-refractivity contribution in [2.45, 2.75) is 52.6 Å². The minimum absolute atomic E-state index is 0.149. The maximum Gasteiger partial charge on any atom is 0.331 e. The molecule has 6 nitrogen and oxygen atoms in total. The van der Waals surface area contributed by atoms with Crippen LogP contribution in [0.25, 0.3) is 6.08 Å². The van der Waals surface area contributed by atoms with E-state index in [0.717, 1.165) is 37.1 Å². The highest BCUT2D eigenvalue weighted by Gasteiger charge is 2.23. The first-order valence-corrected chi connectivity index (χ1v) is 10.7. The van der Waals surface area contributed by atoms with E-state index in [1.54, 1.807) is 15.7 Å². The number of likely N-dealkylation sites (tertiary alicyclic amines) is 1. The molecule has 1 atom stereocenters. The lowest BCUT2D eigenvalue weighted by Gasteiger charge is -2.33. The van der Waals surface area contributed by atoms with Crippen LogP contribution in [-0.2, 0) is 20.9 Å². The number of aromatic nitrogens is 2. The Labute approximate surface area is 182 Å². The highest BCUT2D eigenvalue weighted by molar-refractivity contribution is 6.31.